The van der Waals surface area contributed by atoms with Crippen LogP contribution in [0.3, 0.4) is 0 Å². The highest BCUT2D eigenvalue weighted by molar-refractivity contribution is 6.08. The third kappa shape index (κ3) is 2.83. The standard InChI is InChI=1S/C16H19N3O2/c1-21-14-9-12(10-18-11-14)16(20)15-3-2-8-19(15)13-4-6-17-7-5-13/h2-3,8-11,13,17H,4-7H2,1H3. The molecule has 0 amide bonds. The summed E-state index contributed by atoms with van der Waals surface area (Å²) in [6.45, 7) is 1.99. The first-order chi connectivity index (χ1) is 10.3. The predicted octanol–water partition coefficient (Wildman–Crippen LogP) is 2.05. The van der Waals surface area contributed by atoms with Crippen molar-refractivity contribution in [1.82, 2.24) is 14.9 Å². The fourth-order valence-corrected chi connectivity index (χ4v) is 2.79. The van der Waals surface area contributed by atoms with Gasteiger partial charge in [0.1, 0.15) is 5.75 Å². The van der Waals surface area contributed by atoms with Gasteiger partial charge >= 0.3 is 0 Å². The van der Waals surface area contributed by atoms with Crippen LogP contribution in [-0.2, 0) is 0 Å². The predicted molar refractivity (Wildman–Crippen MR) is 79.8 cm³/mol. The van der Waals surface area contributed by atoms with Gasteiger partial charge in [-0.15, -0.1) is 0 Å². The van der Waals surface area contributed by atoms with Crippen molar-refractivity contribution in [3.63, 3.8) is 0 Å². The number of nitrogens with zero attached hydrogens (tertiary/aromatic N) is 2. The highest BCUT2D eigenvalue weighted by Gasteiger charge is 2.21. The summed E-state index contributed by atoms with van der Waals surface area (Å²) >= 11 is 0. The van der Waals surface area contributed by atoms with Gasteiger partial charge in [0, 0.05) is 24.0 Å². The number of methoxy groups -OCH3 is 1. The minimum atomic E-state index is -0.00932. The molecule has 2 aromatic heterocycles. The summed E-state index contributed by atoms with van der Waals surface area (Å²) in [5.41, 5.74) is 1.28. The molecule has 0 aliphatic carbocycles. The topological polar surface area (TPSA) is 56.1 Å². The Balaban J connectivity index is 1.89. The van der Waals surface area contributed by atoms with E-state index in [1.807, 2.05) is 18.3 Å². The molecule has 2 aromatic rings. The largest absolute Gasteiger partial charge is 0.495 e. The summed E-state index contributed by atoms with van der Waals surface area (Å²) < 4.78 is 7.24. The third-order valence-electron chi connectivity index (χ3n) is 3.92. The fraction of sp³-hybridized carbons (Fsp3) is 0.375. The van der Waals surface area contributed by atoms with Crippen molar-refractivity contribution in [1.29, 1.82) is 0 Å². The number of hydrogen-bond acceptors (Lipinski definition) is 4. The number of ether oxygens (including phenoxy) is 1. The Bertz CT molecular complexity index is 630. The minimum absolute atomic E-state index is 0.00932. The minimum Gasteiger partial charge on any atom is -0.495 e. The van der Waals surface area contributed by atoms with Gasteiger partial charge in [0.05, 0.1) is 19.0 Å². The molecule has 110 valence electrons. The molecule has 1 saturated heterocycles. The molecule has 0 saturated carbocycles. The van der Waals surface area contributed by atoms with Crippen molar-refractivity contribution in [3.05, 3.63) is 48.0 Å². The summed E-state index contributed by atoms with van der Waals surface area (Å²) in [5.74, 6) is 0.589. The van der Waals surface area contributed by atoms with Crippen molar-refractivity contribution < 1.29 is 9.53 Å². The number of rotatable bonds is 4. The summed E-state index contributed by atoms with van der Waals surface area (Å²) in [6.07, 6.45) is 7.28. The van der Waals surface area contributed by atoms with Crippen molar-refractivity contribution in [2.45, 2.75) is 18.9 Å². The van der Waals surface area contributed by atoms with Crippen LogP contribution in [0, 0.1) is 0 Å². The zero-order valence-corrected chi connectivity index (χ0v) is 12.1. The molecule has 5 heteroatoms. The number of carbonyl (C=O) groups is 1. The van der Waals surface area contributed by atoms with Gasteiger partial charge in [-0.1, -0.05) is 0 Å². The number of carbonyl (C=O) groups excluding carboxylic acids is 1. The molecule has 0 radical (unpaired) electrons. The average molecular weight is 285 g/mol. The van der Waals surface area contributed by atoms with Gasteiger partial charge in [-0.25, -0.2) is 0 Å². The Morgan fingerprint density at radius 3 is 2.95 bits per heavy atom. The molecule has 21 heavy (non-hydrogen) atoms. The molecule has 1 fully saturated rings. The summed E-state index contributed by atoms with van der Waals surface area (Å²) in [7, 11) is 1.57. The zero-order valence-electron chi connectivity index (χ0n) is 12.1. The highest BCUT2D eigenvalue weighted by atomic mass is 16.5. The van der Waals surface area contributed by atoms with Gasteiger partial charge in [-0.2, -0.15) is 0 Å². The van der Waals surface area contributed by atoms with Crippen molar-refractivity contribution in [3.8, 4) is 5.75 Å². The van der Waals surface area contributed by atoms with Crippen LogP contribution in [0.25, 0.3) is 0 Å². The second-order valence-corrected chi connectivity index (χ2v) is 5.22. The number of hydrogen-bond donors (Lipinski definition) is 1. The molecule has 3 rings (SSSR count). The van der Waals surface area contributed by atoms with Gasteiger partial charge in [0.15, 0.2) is 0 Å². The van der Waals surface area contributed by atoms with E-state index in [2.05, 4.69) is 14.9 Å². The monoisotopic (exact) mass is 285 g/mol. The molecule has 1 aliphatic rings. The highest BCUT2D eigenvalue weighted by Crippen LogP contribution is 2.23. The Labute approximate surface area is 124 Å². The third-order valence-corrected chi connectivity index (χ3v) is 3.92. The molecule has 0 spiro atoms. The molecule has 0 bridgehead atoms. The van der Waals surface area contributed by atoms with Crippen molar-refractivity contribution in [2.24, 2.45) is 0 Å². The number of ketones is 1. The SMILES string of the molecule is COc1cncc(C(=O)c2cccn2C2CCNCC2)c1. The molecule has 0 atom stereocenters. The van der Waals surface area contributed by atoms with E-state index >= 15 is 0 Å². The lowest BCUT2D eigenvalue weighted by Crippen LogP contribution is -2.30. The van der Waals surface area contributed by atoms with E-state index in [0.717, 1.165) is 31.6 Å². The number of aromatic nitrogens is 2. The quantitative estimate of drug-likeness (QED) is 0.874. The van der Waals surface area contributed by atoms with E-state index in [1.54, 1.807) is 25.6 Å². The first-order valence-corrected chi connectivity index (χ1v) is 7.21. The van der Waals surface area contributed by atoms with Crippen molar-refractivity contribution in [2.75, 3.05) is 20.2 Å². The van der Waals surface area contributed by atoms with Crippen LogP contribution in [0.4, 0.5) is 0 Å². The molecule has 1 N–H and O–H groups in total. The van der Waals surface area contributed by atoms with Crippen LogP contribution >= 0.6 is 0 Å². The Kier molecular flexibility index (Phi) is 4.01. The van der Waals surface area contributed by atoms with Crippen LogP contribution < -0.4 is 10.1 Å². The average Bonchev–Trinajstić information content (AvgIpc) is 3.04. The zero-order chi connectivity index (χ0) is 14.7. The van der Waals surface area contributed by atoms with Gasteiger partial charge in [0.2, 0.25) is 5.78 Å². The summed E-state index contributed by atoms with van der Waals surface area (Å²) in [4.78, 5) is 16.8. The molecular formula is C16H19N3O2. The Morgan fingerprint density at radius 1 is 1.38 bits per heavy atom. The normalized spacial score (nSPS) is 15.9. The van der Waals surface area contributed by atoms with E-state index < -0.39 is 0 Å². The van der Waals surface area contributed by atoms with Crippen LogP contribution in [0.1, 0.15) is 34.9 Å². The van der Waals surface area contributed by atoms with Gasteiger partial charge < -0.3 is 14.6 Å². The van der Waals surface area contributed by atoms with E-state index in [1.165, 1.54) is 0 Å². The fourth-order valence-electron chi connectivity index (χ4n) is 2.79. The van der Waals surface area contributed by atoms with E-state index in [9.17, 15) is 4.79 Å². The van der Waals surface area contributed by atoms with E-state index in [0.29, 0.717) is 17.4 Å². The van der Waals surface area contributed by atoms with Gasteiger partial charge in [-0.3, -0.25) is 9.78 Å². The van der Waals surface area contributed by atoms with Crippen LogP contribution in [0.15, 0.2) is 36.8 Å². The molecule has 0 aromatic carbocycles. The van der Waals surface area contributed by atoms with Crippen LogP contribution in [0.2, 0.25) is 0 Å². The van der Waals surface area contributed by atoms with E-state index in [4.69, 9.17) is 4.74 Å². The molecule has 0 unspecified atom stereocenters. The lowest BCUT2D eigenvalue weighted by atomic mass is 10.0. The maximum absolute atomic E-state index is 12.7. The number of nitrogens with one attached hydrogen (secondary N) is 1. The van der Waals surface area contributed by atoms with Crippen LogP contribution in [-0.4, -0.2) is 35.5 Å². The summed E-state index contributed by atoms with van der Waals surface area (Å²) in [5, 5.41) is 3.35. The molecular weight excluding hydrogens is 266 g/mol. The maximum Gasteiger partial charge on any atom is 0.211 e. The van der Waals surface area contributed by atoms with E-state index in [-0.39, 0.29) is 5.78 Å². The van der Waals surface area contributed by atoms with Crippen molar-refractivity contribution >= 4 is 5.78 Å². The molecule has 3 heterocycles. The Hall–Kier alpha value is -2.14. The molecule has 1 aliphatic heterocycles. The maximum atomic E-state index is 12.7. The lowest BCUT2D eigenvalue weighted by Gasteiger charge is -2.25. The van der Waals surface area contributed by atoms with Gasteiger partial charge in [0.25, 0.3) is 0 Å². The lowest BCUT2D eigenvalue weighted by molar-refractivity contribution is 0.102. The Morgan fingerprint density at radius 2 is 2.19 bits per heavy atom. The smallest absolute Gasteiger partial charge is 0.211 e. The number of pyridine rings is 1. The number of piperidine rings is 1. The second kappa shape index (κ2) is 6.10. The first-order valence-electron chi connectivity index (χ1n) is 7.21. The second-order valence-electron chi connectivity index (χ2n) is 5.22. The summed E-state index contributed by atoms with van der Waals surface area (Å²) in [6, 6.07) is 5.93. The molecule has 5 nitrogen and oxygen atoms in total. The van der Waals surface area contributed by atoms with Crippen LogP contribution in [0.5, 0.6) is 5.75 Å². The van der Waals surface area contributed by atoms with Gasteiger partial charge in [-0.05, 0) is 44.1 Å². The first kappa shape index (κ1) is 13.8.